The fraction of sp³-hybridized carbons (Fsp3) is 0.750. The quantitative estimate of drug-likeness (QED) is 0.857. The molecule has 1 spiro atoms. The molecule has 21 heavy (non-hydrogen) atoms. The molecule has 0 bridgehead atoms. The highest BCUT2D eigenvalue weighted by atomic mass is 19.3. The van der Waals surface area contributed by atoms with Crippen LogP contribution in [-0.2, 0) is 13.0 Å². The molecule has 5 heteroatoms. The molecule has 1 heterocycles. The van der Waals surface area contributed by atoms with E-state index in [-0.39, 0.29) is 23.8 Å². The molecule has 1 atom stereocenters. The summed E-state index contributed by atoms with van der Waals surface area (Å²) in [6, 6.07) is 0. The minimum absolute atomic E-state index is 0.00441. The minimum Gasteiger partial charge on any atom is -0.299 e. The molecular weight excluding hydrogens is 274 g/mol. The molecule has 2 aliphatic carbocycles. The Morgan fingerprint density at radius 1 is 1.33 bits per heavy atom. The third-order valence-corrected chi connectivity index (χ3v) is 5.46. The van der Waals surface area contributed by atoms with Crippen molar-refractivity contribution in [2.45, 2.75) is 64.8 Å². The molecule has 1 aromatic heterocycles. The molecular formula is C16H22F2N2O. The standard InChI is InChI=1S/C16H22F2N2O/c1-3-13-11(2)14(21)20(10-19-13)9-12-8-15(12)4-6-16(17,18)7-5-15/h10,12H,3-9H2,1-2H3. The van der Waals surface area contributed by atoms with Crippen molar-refractivity contribution in [2.24, 2.45) is 11.3 Å². The van der Waals surface area contributed by atoms with E-state index in [1.54, 1.807) is 10.9 Å². The first kappa shape index (κ1) is 14.7. The van der Waals surface area contributed by atoms with E-state index < -0.39 is 5.92 Å². The Morgan fingerprint density at radius 3 is 2.62 bits per heavy atom. The van der Waals surface area contributed by atoms with Crippen molar-refractivity contribution in [3.8, 4) is 0 Å². The summed E-state index contributed by atoms with van der Waals surface area (Å²) in [7, 11) is 0. The number of halogens is 2. The number of nitrogens with zero attached hydrogens (tertiary/aromatic N) is 2. The van der Waals surface area contributed by atoms with Gasteiger partial charge in [-0.1, -0.05) is 6.92 Å². The third-order valence-electron chi connectivity index (χ3n) is 5.46. The van der Waals surface area contributed by atoms with Crippen molar-refractivity contribution in [3.05, 3.63) is 27.9 Å². The van der Waals surface area contributed by atoms with Crippen LogP contribution in [0.2, 0.25) is 0 Å². The van der Waals surface area contributed by atoms with E-state index in [2.05, 4.69) is 4.98 Å². The zero-order valence-electron chi connectivity index (χ0n) is 12.7. The lowest BCUT2D eigenvalue weighted by Crippen LogP contribution is -2.29. The van der Waals surface area contributed by atoms with Crippen LogP contribution in [0.3, 0.4) is 0 Å². The van der Waals surface area contributed by atoms with Gasteiger partial charge >= 0.3 is 0 Å². The van der Waals surface area contributed by atoms with Gasteiger partial charge in [0, 0.05) is 24.9 Å². The van der Waals surface area contributed by atoms with Crippen LogP contribution in [-0.4, -0.2) is 15.5 Å². The lowest BCUT2D eigenvalue weighted by molar-refractivity contribution is -0.0520. The van der Waals surface area contributed by atoms with E-state index in [0.29, 0.717) is 30.9 Å². The molecule has 0 saturated heterocycles. The number of hydrogen-bond acceptors (Lipinski definition) is 2. The molecule has 0 aliphatic heterocycles. The highest BCUT2D eigenvalue weighted by Crippen LogP contribution is 2.63. The lowest BCUT2D eigenvalue weighted by atomic mass is 9.82. The normalized spacial score (nSPS) is 26.0. The van der Waals surface area contributed by atoms with Crippen LogP contribution in [0.25, 0.3) is 0 Å². The van der Waals surface area contributed by atoms with Gasteiger partial charge in [-0.05, 0) is 43.9 Å². The first-order valence-corrected chi connectivity index (χ1v) is 7.80. The number of alkyl halides is 2. The minimum atomic E-state index is -2.48. The van der Waals surface area contributed by atoms with Crippen molar-refractivity contribution in [3.63, 3.8) is 0 Å². The van der Waals surface area contributed by atoms with Crippen LogP contribution in [0.4, 0.5) is 8.78 Å². The van der Waals surface area contributed by atoms with Crippen LogP contribution in [0.1, 0.15) is 50.3 Å². The molecule has 116 valence electrons. The van der Waals surface area contributed by atoms with Crippen LogP contribution in [0.15, 0.2) is 11.1 Å². The summed E-state index contributed by atoms with van der Waals surface area (Å²) in [5.74, 6) is -2.11. The first-order valence-electron chi connectivity index (χ1n) is 7.80. The smallest absolute Gasteiger partial charge is 0.256 e. The van der Waals surface area contributed by atoms with Gasteiger partial charge < -0.3 is 0 Å². The highest BCUT2D eigenvalue weighted by Gasteiger charge is 2.57. The summed E-state index contributed by atoms with van der Waals surface area (Å²) in [6.07, 6.45) is 4.55. The molecule has 1 unspecified atom stereocenters. The molecule has 3 nitrogen and oxygen atoms in total. The summed E-state index contributed by atoms with van der Waals surface area (Å²) >= 11 is 0. The van der Waals surface area contributed by atoms with Crippen molar-refractivity contribution < 1.29 is 8.78 Å². The van der Waals surface area contributed by atoms with Gasteiger partial charge in [0.25, 0.3) is 5.56 Å². The largest absolute Gasteiger partial charge is 0.299 e. The van der Waals surface area contributed by atoms with Gasteiger partial charge in [-0.15, -0.1) is 0 Å². The molecule has 1 aromatic rings. The lowest BCUT2D eigenvalue weighted by Gasteiger charge is -2.29. The topological polar surface area (TPSA) is 34.9 Å². The average molecular weight is 296 g/mol. The molecule has 0 aromatic carbocycles. The van der Waals surface area contributed by atoms with Crippen LogP contribution in [0.5, 0.6) is 0 Å². The third kappa shape index (κ3) is 2.62. The van der Waals surface area contributed by atoms with E-state index in [9.17, 15) is 13.6 Å². The Hall–Kier alpha value is -1.26. The Kier molecular flexibility index (Phi) is 3.41. The maximum atomic E-state index is 13.3. The molecule has 2 aliphatic rings. The van der Waals surface area contributed by atoms with Gasteiger partial charge in [0.1, 0.15) is 0 Å². The molecule has 0 amide bonds. The van der Waals surface area contributed by atoms with E-state index >= 15 is 0 Å². The maximum Gasteiger partial charge on any atom is 0.256 e. The van der Waals surface area contributed by atoms with E-state index in [4.69, 9.17) is 0 Å². The van der Waals surface area contributed by atoms with Gasteiger partial charge in [-0.2, -0.15) is 0 Å². The molecule has 0 radical (unpaired) electrons. The summed E-state index contributed by atoms with van der Waals surface area (Å²) in [5.41, 5.74) is 1.65. The van der Waals surface area contributed by atoms with Gasteiger partial charge in [0.2, 0.25) is 5.92 Å². The zero-order chi connectivity index (χ0) is 15.3. The maximum absolute atomic E-state index is 13.3. The second-order valence-corrected chi connectivity index (χ2v) is 6.75. The van der Waals surface area contributed by atoms with Gasteiger partial charge in [-0.3, -0.25) is 9.36 Å². The number of aryl methyl sites for hydroxylation is 1. The molecule has 2 fully saturated rings. The van der Waals surface area contributed by atoms with Crippen molar-refractivity contribution in [1.82, 2.24) is 9.55 Å². The SMILES string of the molecule is CCc1ncn(CC2CC23CCC(F)(F)CC3)c(=O)c1C. The highest BCUT2D eigenvalue weighted by molar-refractivity contribution is 5.15. The van der Waals surface area contributed by atoms with Crippen LogP contribution < -0.4 is 5.56 Å². The van der Waals surface area contributed by atoms with Crippen LogP contribution in [0, 0.1) is 18.3 Å². The number of aromatic nitrogens is 2. The van der Waals surface area contributed by atoms with Crippen LogP contribution >= 0.6 is 0 Å². The van der Waals surface area contributed by atoms with E-state index in [0.717, 1.165) is 18.5 Å². The summed E-state index contributed by atoms with van der Waals surface area (Å²) in [4.78, 5) is 16.6. The molecule has 2 saturated carbocycles. The van der Waals surface area contributed by atoms with E-state index in [1.807, 2.05) is 13.8 Å². The van der Waals surface area contributed by atoms with Crippen molar-refractivity contribution in [1.29, 1.82) is 0 Å². The number of rotatable bonds is 3. The average Bonchev–Trinajstić information content (AvgIpc) is 3.12. The predicted molar refractivity (Wildman–Crippen MR) is 76.6 cm³/mol. The Bertz CT molecular complexity index is 599. The number of hydrogen-bond donors (Lipinski definition) is 0. The zero-order valence-corrected chi connectivity index (χ0v) is 12.7. The van der Waals surface area contributed by atoms with Crippen molar-refractivity contribution >= 4 is 0 Å². The second-order valence-electron chi connectivity index (χ2n) is 6.75. The Morgan fingerprint density at radius 2 is 2.00 bits per heavy atom. The monoisotopic (exact) mass is 296 g/mol. The molecule has 3 rings (SSSR count). The summed E-state index contributed by atoms with van der Waals surface area (Å²) < 4.78 is 28.2. The Balaban J connectivity index is 1.70. The summed E-state index contributed by atoms with van der Waals surface area (Å²) in [5, 5.41) is 0. The van der Waals surface area contributed by atoms with E-state index in [1.165, 1.54) is 0 Å². The predicted octanol–water partition coefficient (Wildman–Crippen LogP) is 3.33. The second kappa shape index (κ2) is 4.89. The van der Waals surface area contributed by atoms with Gasteiger partial charge in [0.15, 0.2) is 0 Å². The molecule has 0 N–H and O–H groups in total. The van der Waals surface area contributed by atoms with Gasteiger partial charge in [-0.25, -0.2) is 13.8 Å². The first-order chi connectivity index (χ1) is 9.87. The summed E-state index contributed by atoms with van der Waals surface area (Å²) in [6.45, 7) is 4.42. The van der Waals surface area contributed by atoms with Crippen molar-refractivity contribution in [2.75, 3.05) is 0 Å². The Labute approximate surface area is 123 Å². The van der Waals surface area contributed by atoms with Gasteiger partial charge in [0.05, 0.1) is 12.0 Å². The fourth-order valence-corrected chi connectivity index (χ4v) is 3.77. The fourth-order valence-electron chi connectivity index (χ4n) is 3.77.